The van der Waals surface area contributed by atoms with Gasteiger partial charge in [-0.15, -0.1) is 0 Å². The highest BCUT2D eigenvalue weighted by molar-refractivity contribution is 6.94. The fraction of sp³-hybridized carbons (Fsp3) is 0.514. The number of anilines is 5. The van der Waals surface area contributed by atoms with Crippen molar-refractivity contribution in [1.29, 1.82) is 0 Å². The summed E-state index contributed by atoms with van der Waals surface area (Å²) >= 11 is 0. The van der Waals surface area contributed by atoms with Crippen molar-refractivity contribution in [1.82, 2.24) is 0 Å². The SMILES string of the molecule is CC1C2=CC3C4=C(OC3C=C2C2(C)CCC1C2)B1c2cc3c(cc2N(c2ccc5c(c2-c2ccccc2)C(C)(C)CCC5(C)C)c2cc(C(C)(C)C)cc(c21)N4c1ccc2c(c1)C(C)(C)CCC2(C)C)C(C)(C)CCC3(C)C. The van der Waals surface area contributed by atoms with Gasteiger partial charge in [-0.25, -0.2) is 0 Å². The fourth-order valence-electron chi connectivity index (χ4n) is 17.6. The van der Waals surface area contributed by atoms with Crippen molar-refractivity contribution in [3.05, 3.63) is 159 Å². The van der Waals surface area contributed by atoms with Gasteiger partial charge in [0, 0.05) is 28.3 Å². The Morgan fingerprint density at radius 2 is 1.13 bits per heavy atom. The van der Waals surface area contributed by atoms with Crippen molar-refractivity contribution in [3.63, 3.8) is 0 Å². The number of rotatable bonds is 3. The Kier molecular flexibility index (Phi) is 10.5. The molecule has 3 heterocycles. The second kappa shape index (κ2) is 16.0. The summed E-state index contributed by atoms with van der Waals surface area (Å²) < 4.78 is 8.04. The first-order valence-corrected chi connectivity index (χ1v) is 30.7. The Morgan fingerprint density at radius 3 is 1.78 bits per heavy atom. The third kappa shape index (κ3) is 7.07. The fourth-order valence-corrected chi connectivity index (χ4v) is 17.6. The van der Waals surface area contributed by atoms with E-state index in [1.54, 1.807) is 11.1 Å². The topological polar surface area (TPSA) is 15.7 Å². The normalized spacial score (nSPS) is 28.4. The molecule has 5 aromatic carbocycles. The van der Waals surface area contributed by atoms with Gasteiger partial charge in [-0.3, -0.25) is 0 Å². The molecule has 78 heavy (non-hydrogen) atoms. The lowest BCUT2D eigenvalue weighted by Crippen LogP contribution is -2.57. The van der Waals surface area contributed by atoms with Gasteiger partial charge in [0.25, 0.3) is 6.71 Å². The van der Waals surface area contributed by atoms with Crippen LogP contribution in [-0.2, 0) is 42.6 Å². The van der Waals surface area contributed by atoms with E-state index < -0.39 is 0 Å². The van der Waals surface area contributed by atoms with Crippen molar-refractivity contribution in [2.75, 3.05) is 9.80 Å². The number of nitrogens with zero attached hydrogens (tertiary/aromatic N) is 2. The first-order chi connectivity index (χ1) is 36.5. The molecule has 0 radical (unpaired) electrons. The Hall–Kier alpha value is -5.22. The van der Waals surface area contributed by atoms with E-state index in [-0.39, 0.29) is 62.1 Å². The first-order valence-electron chi connectivity index (χ1n) is 30.7. The van der Waals surface area contributed by atoms with E-state index in [1.165, 1.54) is 139 Å². The molecule has 3 aliphatic heterocycles. The molecule has 2 bridgehead atoms. The van der Waals surface area contributed by atoms with Crippen LogP contribution in [0.25, 0.3) is 11.1 Å². The largest absolute Gasteiger partial charge is 0.497 e. The minimum atomic E-state index is -0.146. The molecule has 0 saturated heterocycles. The molecule has 0 spiro atoms. The molecule has 0 aromatic heterocycles. The Balaban J connectivity index is 1.13. The highest BCUT2D eigenvalue weighted by Crippen LogP contribution is 2.63. The zero-order chi connectivity index (χ0) is 55.0. The summed E-state index contributed by atoms with van der Waals surface area (Å²) in [6.45, 7) is 42.4. The quantitative estimate of drug-likeness (QED) is 0.168. The molecule has 2 fully saturated rings. The Morgan fingerprint density at radius 1 is 0.551 bits per heavy atom. The van der Waals surface area contributed by atoms with Crippen LogP contribution in [-0.4, -0.2) is 12.8 Å². The van der Waals surface area contributed by atoms with E-state index >= 15 is 0 Å². The maximum absolute atomic E-state index is 8.04. The van der Waals surface area contributed by atoms with Crippen molar-refractivity contribution >= 4 is 46.1 Å². The molecular formula is C74H89BN2O. The molecular weight excluding hydrogens is 944 g/mol. The van der Waals surface area contributed by atoms with Gasteiger partial charge >= 0.3 is 0 Å². The van der Waals surface area contributed by atoms with Gasteiger partial charge in [0.2, 0.25) is 0 Å². The summed E-state index contributed by atoms with van der Waals surface area (Å²) in [5.41, 5.74) is 28.3. The lowest BCUT2D eigenvalue weighted by Gasteiger charge is -2.49. The smallest absolute Gasteiger partial charge is 0.296 e. The molecule has 0 N–H and O–H groups in total. The molecule has 5 atom stereocenters. The predicted octanol–water partition coefficient (Wildman–Crippen LogP) is 18.3. The Labute approximate surface area is 470 Å². The highest BCUT2D eigenvalue weighted by Gasteiger charge is 2.57. The van der Waals surface area contributed by atoms with Gasteiger partial charge in [-0.1, -0.05) is 172 Å². The van der Waals surface area contributed by atoms with E-state index in [9.17, 15) is 0 Å². The molecule has 9 aliphatic rings. The van der Waals surface area contributed by atoms with Crippen LogP contribution in [0.2, 0.25) is 0 Å². The minimum Gasteiger partial charge on any atom is -0.497 e. The van der Waals surface area contributed by atoms with Crippen LogP contribution in [0.4, 0.5) is 28.4 Å². The zero-order valence-electron chi connectivity index (χ0n) is 50.8. The van der Waals surface area contributed by atoms with Crippen LogP contribution in [0, 0.1) is 23.2 Å². The molecule has 4 heteroatoms. The molecule has 6 aliphatic carbocycles. The zero-order valence-corrected chi connectivity index (χ0v) is 50.8. The van der Waals surface area contributed by atoms with Gasteiger partial charge < -0.3 is 14.5 Å². The van der Waals surface area contributed by atoms with Crippen molar-refractivity contribution in [2.24, 2.45) is 23.2 Å². The van der Waals surface area contributed by atoms with Gasteiger partial charge in [0.05, 0.1) is 23.0 Å². The van der Waals surface area contributed by atoms with Crippen molar-refractivity contribution in [3.8, 4) is 11.1 Å². The number of hydrogen-bond acceptors (Lipinski definition) is 3. The molecule has 3 nitrogen and oxygen atoms in total. The average Bonchev–Trinajstić information content (AvgIpc) is 3.87. The second-order valence-electron chi connectivity index (χ2n) is 31.9. The van der Waals surface area contributed by atoms with Gasteiger partial charge in [-0.05, 0) is 222 Å². The number of allylic oxidation sites excluding steroid dienone is 2. The monoisotopic (exact) mass is 1030 g/mol. The molecule has 5 aromatic rings. The van der Waals surface area contributed by atoms with Crippen molar-refractivity contribution in [2.45, 2.75) is 219 Å². The third-order valence-electron chi connectivity index (χ3n) is 23.0. The first kappa shape index (κ1) is 51.0. The molecule has 14 rings (SSSR count). The van der Waals surface area contributed by atoms with Crippen LogP contribution in [0.15, 0.2) is 120 Å². The third-order valence-corrected chi connectivity index (χ3v) is 23.0. The van der Waals surface area contributed by atoms with Gasteiger partial charge in [0.15, 0.2) is 0 Å². The van der Waals surface area contributed by atoms with Crippen LogP contribution >= 0.6 is 0 Å². The summed E-state index contributed by atoms with van der Waals surface area (Å²) in [4.78, 5) is 5.59. The van der Waals surface area contributed by atoms with E-state index in [0.29, 0.717) is 5.92 Å². The summed E-state index contributed by atoms with van der Waals surface area (Å²) in [6, 6.07) is 35.0. The second-order valence-corrected chi connectivity index (χ2v) is 31.9. The number of hydrogen-bond donors (Lipinski definition) is 0. The van der Waals surface area contributed by atoms with E-state index in [1.807, 2.05) is 0 Å². The van der Waals surface area contributed by atoms with Crippen LogP contribution in [0.3, 0.4) is 0 Å². The number of benzene rings is 5. The minimum absolute atomic E-state index is 0.0105. The predicted molar refractivity (Wildman–Crippen MR) is 331 cm³/mol. The molecule has 0 amide bonds. The van der Waals surface area contributed by atoms with Gasteiger partial charge in [0.1, 0.15) is 6.10 Å². The molecule has 5 unspecified atom stereocenters. The standard InChI is InChI=1S/C74H89BN2O/c1-43-45-27-28-74(17,42-45)52-41-61-49(38-48(43)52)65-66(78-61)75-56-39-54-55(72(13,14)32-31-71(54,11)12)40-58(56)77(57-26-25-51-63(62(57)44-21-19-18-20-22-44)73(15,16)34-33-69(51,7)8)60-36-46(67(2,3)4)35-59(64(60)75)76(65)47-23-24-50-53(37-47)70(9,10)30-29-68(50,5)6/h18-26,35-41,43,45,49,61H,27-34,42H2,1-17H3. The average molecular weight is 1030 g/mol. The van der Waals surface area contributed by atoms with Crippen LogP contribution in [0.1, 0.15) is 214 Å². The van der Waals surface area contributed by atoms with Gasteiger partial charge in [-0.2, -0.15) is 0 Å². The lowest BCUT2D eigenvalue weighted by molar-refractivity contribution is 0.173. The maximum Gasteiger partial charge on any atom is 0.296 e. The number of ether oxygens (including phenoxy) is 1. The maximum atomic E-state index is 8.04. The lowest BCUT2D eigenvalue weighted by atomic mass is 9.35. The van der Waals surface area contributed by atoms with Crippen LogP contribution < -0.4 is 20.7 Å². The summed E-state index contributed by atoms with van der Waals surface area (Å²) in [5, 5.41) is 0. The van der Waals surface area contributed by atoms with E-state index in [4.69, 9.17) is 4.74 Å². The highest BCUT2D eigenvalue weighted by atomic mass is 16.5. The van der Waals surface area contributed by atoms with E-state index in [2.05, 4.69) is 225 Å². The summed E-state index contributed by atoms with van der Waals surface area (Å²) in [6.07, 6.45) is 16.3. The summed E-state index contributed by atoms with van der Waals surface area (Å²) in [5.74, 6) is 1.37. The Bertz CT molecular complexity index is 3530. The molecule has 2 saturated carbocycles. The summed E-state index contributed by atoms with van der Waals surface area (Å²) in [7, 11) is 0. The van der Waals surface area contributed by atoms with E-state index in [0.717, 1.165) is 25.2 Å². The molecule has 404 valence electrons. The van der Waals surface area contributed by atoms with Crippen molar-refractivity contribution < 1.29 is 4.74 Å². The number of fused-ring (bicyclic) bond motifs is 12. The van der Waals surface area contributed by atoms with Crippen LogP contribution in [0.5, 0.6) is 0 Å².